The van der Waals surface area contributed by atoms with E-state index in [1.807, 2.05) is 34.1 Å². The summed E-state index contributed by atoms with van der Waals surface area (Å²) in [5, 5.41) is 4.76. The Morgan fingerprint density at radius 2 is 1.70 bits per heavy atom. The fourth-order valence-corrected chi connectivity index (χ4v) is 4.99. The van der Waals surface area contributed by atoms with Crippen LogP contribution < -0.4 is 15.4 Å². The zero-order valence-electron chi connectivity index (χ0n) is 17.1. The molecule has 0 N–H and O–H groups in total. The fourth-order valence-electron chi connectivity index (χ4n) is 3.82. The third kappa shape index (κ3) is 4.16. The number of para-hydroxylation sites is 1. The van der Waals surface area contributed by atoms with Crippen molar-refractivity contribution in [1.29, 1.82) is 0 Å². The zero-order valence-corrected chi connectivity index (χ0v) is 18.7. The molecule has 0 saturated carbocycles. The van der Waals surface area contributed by atoms with Crippen molar-refractivity contribution in [3.63, 3.8) is 0 Å². The minimum absolute atomic E-state index is 0.0387. The van der Waals surface area contributed by atoms with Crippen LogP contribution in [0.25, 0.3) is 15.3 Å². The molecule has 5 rings (SSSR count). The van der Waals surface area contributed by atoms with Gasteiger partial charge in [-0.3, -0.25) is 4.79 Å². The Kier molecular flexibility index (Phi) is 5.49. The van der Waals surface area contributed by atoms with Gasteiger partial charge in [-0.1, -0.05) is 41.1 Å². The van der Waals surface area contributed by atoms with Gasteiger partial charge in [0.25, 0.3) is 5.56 Å². The van der Waals surface area contributed by atoms with E-state index in [0.29, 0.717) is 42.7 Å². The molecule has 4 aromatic rings. The molecular weight excluding hydrogens is 475 g/mol. The van der Waals surface area contributed by atoms with Crippen molar-refractivity contribution in [2.75, 3.05) is 36.0 Å². The van der Waals surface area contributed by atoms with Gasteiger partial charge in [-0.2, -0.15) is 23.0 Å². The molecule has 3 heterocycles. The number of aromatic nitrogens is 3. The lowest BCUT2D eigenvalue weighted by molar-refractivity contribution is -0.137. The van der Waals surface area contributed by atoms with Crippen molar-refractivity contribution in [2.24, 2.45) is 0 Å². The largest absolute Gasteiger partial charge is 0.416 e. The van der Waals surface area contributed by atoms with E-state index >= 15 is 0 Å². The van der Waals surface area contributed by atoms with Gasteiger partial charge in [0.15, 0.2) is 0 Å². The van der Waals surface area contributed by atoms with Crippen LogP contribution in [0.1, 0.15) is 5.56 Å². The minimum Gasteiger partial charge on any atom is -0.368 e. The first-order valence-corrected chi connectivity index (χ1v) is 11.3. The molecule has 0 spiro atoms. The number of hydrogen-bond acceptors (Lipinski definition) is 6. The second-order valence-electron chi connectivity index (χ2n) is 7.55. The Labute approximate surface area is 195 Å². The number of hydrogen-bond donors (Lipinski definition) is 0. The number of anilines is 2. The first-order valence-electron chi connectivity index (χ1n) is 10.1. The molecule has 1 fully saturated rings. The van der Waals surface area contributed by atoms with Crippen LogP contribution in [0.2, 0.25) is 5.02 Å². The maximum atomic E-state index is 13.0. The molecule has 0 atom stereocenters. The van der Waals surface area contributed by atoms with E-state index in [9.17, 15) is 18.0 Å². The van der Waals surface area contributed by atoms with E-state index in [-0.39, 0.29) is 5.02 Å². The highest BCUT2D eigenvalue weighted by molar-refractivity contribution is 7.20. The number of fused-ring (bicyclic) bond motifs is 1. The lowest BCUT2D eigenvalue weighted by atomic mass is 10.1. The predicted octanol–water partition coefficient (Wildman–Crippen LogP) is 4.84. The van der Waals surface area contributed by atoms with Crippen molar-refractivity contribution in [3.05, 3.63) is 75.7 Å². The fraction of sp³-hybridized carbons (Fsp3) is 0.227. The second kappa shape index (κ2) is 8.35. The summed E-state index contributed by atoms with van der Waals surface area (Å²) < 4.78 is 41.2. The van der Waals surface area contributed by atoms with Crippen LogP contribution in [0.4, 0.5) is 24.5 Å². The van der Waals surface area contributed by atoms with Gasteiger partial charge >= 0.3 is 6.18 Å². The SMILES string of the molecule is O=c1c(Cl)c(N2CCN(c3cccc(C(F)(F)F)c3)CC2)cnn1-c1nc2ccccc2s1. The van der Waals surface area contributed by atoms with E-state index in [1.54, 1.807) is 6.07 Å². The molecular formula is C22H17ClF3N5OS. The third-order valence-corrected chi connectivity index (χ3v) is 6.89. The van der Waals surface area contributed by atoms with Crippen LogP contribution in [0.5, 0.6) is 0 Å². The van der Waals surface area contributed by atoms with Crippen molar-refractivity contribution in [2.45, 2.75) is 6.18 Å². The standard InChI is InChI=1S/C22H17ClF3N5OS/c23-19-17(13-27-31(20(19)32)21-28-16-6-1-2-7-18(16)33-21)30-10-8-29(9-11-30)15-5-3-4-14(12-15)22(24,25)26/h1-7,12-13H,8-11H2. The van der Waals surface area contributed by atoms with E-state index in [1.165, 1.54) is 28.3 Å². The van der Waals surface area contributed by atoms with Crippen molar-refractivity contribution < 1.29 is 13.2 Å². The van der Waals surface area contributed by atoms with Crippen LogP contribution in [0.15, 0.2) is 59.5 Å². The molecule has 0 bridgehead atoms. The lowest BCUT2D eigenvalue weighted by Crippen LogP contribution is -2.47. The maximum absolute atomic E-state index is 13.0. The van der Waals surface area contributed by atoms with Crippen molar-refractivity contribution in [3.8, 4) is 5.13 Å². The number of thiazole rings is 1. The molecule has 11 heteroatoms. The average molecular weight is 492 g/mol. The predicted molar refractivity (Wildman–Crippen MR) is 124 cm³/mol. The lowest BCUT2D eigenvalue weighted by Gasteiger charge is -2.37. The molecule has 6 nitrogen and oxygen atoms in total. The molecule has 2 aromatic carbocycles. The highest BCUT2D eigenvalue weighted by Crippen LogP contribution is 2.32. The highest BCUT2D eigenvalue weighted by Gasteiger charge is 2.31. The normalized spacial score (nSPS) is 14.8. The van der Waals surface area contributed by atoms with Crippen LogP contribution >= 0.6 is 22.9 Å². The molecule has 2 aromatic heterocycles. The van der Waals surface area contributed by atoms with Gasteiger partial charge in [0.05, 0.1) is 27.7 Å². The number of halogens is 4. The first kappa shape index (κ1) is 21.7. The Morgan fingerprint density at radius 3 is 2.42 bits per heavy atom. The molecule has 0 amide bonds. The third-order valence-electron chi connectivity index (χ3n) is 5.52. The van der Waals surface area contributed by atoms with Gasteiger partial charge in [0.2, 0.25) is 5.13 Å². The topological polar surface area (TPSA) is 54.3 Å². The number of benzene rings is 2. The highest BCUT2D eigenvalue weighted by atomic mass is 35.5. The number of nitrogens with zero attached hydrogens (tertiary/aromatic N) is 5. The summed E-state index contributed by atoms with van der Waals surface area (Å²) in [6, 6.07) is 12.8. The maximum Gasteiger partial charge on any atom is 0.416 e. The molecule has 1 aliphatic rings. The van der Waals surface area contributed by atoms with E-state index < -0.39 is 17.3 Å². The number of piperazine rings is 1. The number of rotatable bonds is 3. The van der Waals surface area contributed by atoms with Gasteiger partial charge < -0.3 is 9.80 Å². The minimum atomic E-state index is -4.38. The molecule has 1 saturated heterocycles. The summed E-state index contributed by atoms with van der Waals surface area (Å²) in [7, 11) is 0. The Morgan fingerprint density at radius 1 is 0.970 bits per heavy atom. The molecule has 0 aliphatic carbocycles. The quantitative estimate of drug-likeness (QED) is 0.410. The molecule has 170 valence electrons. The van der Waals surface area contributed by atoms with E-state index in [2.05, 4.69) is 10.1 Å². The second-order valence-corrected chi connectivity index (χ2v) is 8.93. The summed E-state index contributed by atoms with van der Waals surface area (Å²) in [6.07, 6.45) is -2.85. The number of alkyl halides is 3. The zero-order chi connectivity index (χ0) is 23.2. The smallest absolute Gasteiger partial charge is 0.368 e. The molecule has 0 radical (unpaired) electrons. The average Bonchev–Trinajstić information content (AvgIpc) is 3.24. The summed E-state index contributed by atoms with van der Waals surface area (Å²) in [5.74, 6) is 0. The summed E-state index contributed by atoms with van der Waals surface area (Å²) in [4.78, 5) is 21.2. The molecule has 1 aliphatic heterocycles. The van der Waals surface area contributed by atoms with Crippen LogP contribution in [0, 0.1) is 0 Å². The van der Waals surface area contributed by atoms with Crippen molar-refractivity contribution in [1.82, 2.24) is 14.8 Å². The molecule has 33 heavy (non-hydrogen) atoms. The Balaban J connectivity index is 1.35. The van der Waals surface area contributed by atoms with Gasteiger partial charge in [0.1, 0.15) is 5.02 Å². The summed E-state index contributed by atoms with van der Waals surface area (Å²) in [5.41, 5.74) is 0.654. The van der Waals surface area contributed by atoms with Crippen LogP contribution in [-0.2, 0) is 6.18 Å². The van der Waals surface area contributed by atoms with Crippen molar-refractivity contribution >= 4 is 44.5 Å². The summed E-state index contributed by atoms with van der Waals surface area (Å²) >= 11 is 7.77. The van der Waals surface area contributed by atoms with E-state index in [0.717, 1.165) is 22.3 Å². The summed E-state index contributed by atoms with van der Waals surface area (Å²) in [6.45, 7) is 1.95. The van der Waals surface area contributed by atoms with Gasteiger partial charge in [-0.05, 0) is 30.3 Å². The molecule has 0 unspecified atom stereocenters. The first-order chi connectivity index (χ1) is 15.8. The van der Waals surface area contributed by atoms with Gasteiger partial charge in [0, 0.05) is 31.9 Å². The Bertz CT molecular complexity index is 1350. The monoisotopic (exact) mass is 491 g/mol. The van der Waals surface area contributed by atoms with Gasteiger partial charge in [-0.15, -0.1) is 0 Å². The van der Waals surface area contributed by atoms with E-state index in [4.69, 9.17) is 11.6 Å². The van der Waals surface area contributed by atoms with Gasteiger partial charge in [-0.25, -0.2) is 4.98 Å². The van der Waals surface area contributed by atoms with Crippen LogP contribution in [-0.4, -0.2) is 40.9 Å². The Hall–Kier alpha value is -3.11. The van der Waals surface area contributed by atoms with Crippen LogP contribution in [0.3, 0.4) is 0 Å².